The molecule has 104 valence electrons. The molecular weight excluding hydrogens is 240 g/mol. The van der Waals surface area contributed by atoms with Crippen molar-refractivity contribution in [1.29, 1.82) is 0 Å². The summed E-state index contributed by atoms with van der Waals surface area (Å²) in [6, 6.07) is 1.59. The van der Waals surface area contributed by atoms with Gasteiger partial charge >= 0.3 is 0 Å². The standard InChI is InChI=1S/C15H22N2O2/c1-2-12-8-13(18)17-14(16-12)15(6-7-15)10-19-9-11-4-3-5-11/h8,11H,2-7,9-10H2,1H3,(H,16,17,18). The maximum atomic E-state index is 11.6. The third-order valence-electron chi connectivity index (χ3n) is 4.47. The van der Waals surface area contributed by atoms with Crippen molar-refractivity contribution >= 4 is 0 Å². The quantitative estimate of drug-likeness (QED) is 0.855. The van der Waals surface area contributed by atoms with Gasteiger partial charge in [0.25, 0.3) is 5.56 Å². The first-order chi connectivity index (χ1) is 9.22. The first-order valence-electron chi connectivity index (χ1n) is 7.40. The van der Waals surface area contributed by atoms with E-state index in [2.05, 4.69) is 9.97 Å². The van der Waals surface area contributed by atoms with Gasteiger partial charge < -0.3 is 9.72 Å². The Morgan fingerprint density at radius 3 is 2.84 bits per heavy atom. The average Bonchev–Trinajstić information content (AvgIpc) is 3.13. The number of aryl methyl sites for hydroxylation is 1. The van der Waals surface area contributed by atoms with Gasteiger partial charge in [-0.25, -0.2) is 4.98 Å². The van der Waals surface area contributed by atoms with Crippen LogP contribution in [-0.2, 0) is 16.6 Å². The van der Waals surface area contributed by atoms with Crippen LogP contribution in [0.1, 0.15) is 50.5 Å². The highest BCUT2D eigenvalue weighted by Crippen LogP contribution is 2.46. The molecule has 3 rings (SSSR count). The van der Waals surface area contributed by atoms with Gasteiger partial charge in [-0.1, -0.05) is 13.3 Å². The number of H-pyrrole nitrogens is 1. The summed E-state index contributed by atoms with van der Waals surface area (Å²) in [5.74, 6) is 1.61. The van der Waals surface area contributed by atoms with Crippen LogP contribution in [0.2, 0.25) is 0 Å². The molecule has 0 aromatic carbocycles. The molecule has 0 bridgehead atoms. The smallest absolute Gasteiger partial charge is 0.251 e. The van der Waals surface area contributed by atoms with Gasteiger partial charge in [0.2, 0.25) is 0 Å². The van der Waals surface area contributed by atoms with Gasteiger partial charge in [0.15, 0.2) is 0 Å². The second-order valence-corrected chi connectivity index (χ2v) is 6.03. The fourth-order valence-electron chi connectivity index (χ4n) is 2.62. The summed E-state index contributed by atoms with van der Waals surface area (Å²) in [4.78, 5) is 19.1. The minimum atomic E-state index is -0.0351. The fourth-order valence-corrected chi connectivity index (χ4v) is 2.62. The minimum absolute atomic E-state index is 0.00587. The van der Waals surface area contributed by atoms with Crippen molar-refractivity contribution in [2.45, 2.75) is 50.9 Å². The predicted molar refractivity (Wildman–Crippen MR) is 73.3 cm³/mol. The third-order valence-corrected chi connectivity index (χ3v) is 4.47. The van der Waals surface area contributed by atoms with E-state index in [1.165, 1.54) is 19.3 Å². The summed E-state index contributed by atoms with van der Waals surface area (Å²) in [7, 11) is 0. The second-order valence-electron chi connectivity index (χ2n) is 6.03. The van der Waals surface area contributed by atoms with Gasteiger partial charge in [-0.15, -0.1) is 0 Å². The maximum absolute atomic E-state index is 11.6. The molecule has 1 N–H and O–H groups in total. The lowest BCUT2D eigenvalue weighted by Crippen LogP contribution is -2.26. The van der Waals surface area contributed by atoms with Crippen LogP contribution in [0.25, 0.3) is 0 Å². The van der Waals surface area contributed by atoms with Crippen LogP contribution in [0.4, 0.5) is 0 Å². The Morgan fingerprint density at radius 1 is 1.47 bits per heavy atom. The predicted octanol–water partition coefficient (Wildman–Crippen LogP) is 2.18. The number of ether oxygens (including phenoxy) is 1. The summed E-state index contributed by atoms with van der Waals surface area (Å²) in [6.07, 6.45) is 6.94. The van der Waals surface area contributed by atoms with E-state index in [9.17, 15) is 4.79 Å². The van der Waals surface area contributed by atoms with Crippen molar-refractivity contribution in [3.8, 4) is 0 Å². The largest absolute Gasteiger partial charge is 0.380 e. The van der Waals surface area contributed by atoms with Crippen molar-refractivity contribution in [3.05, 3.63) is 27.9 Å². The maximum Gasteiger partial charge on any atom is 0.251 e. The molecule has 0 amide bonds. The van der Waals surface area contributed by atoms with Crippen LogP contribution in [0.3, 0.4) is 0 Å². The van der Waals surface area contributed by atoms with Crippen LogP contribution in [0.15, 0.2) is 10.9 Å². The van der Waals surface area contributed by atoms with Crippen LogP contribution >= 0.6 is 0 Å². The lowest BCUT2D eigenvalue weighted by Gasteiger charge is -2.26. The molecule has 0 saturated heterocycles. The van der Waals surface area contributed by atoms with Crippen molar-refractivity contribution in [3.63, 3.8) is 0 Å². The van der Waals surface area contributed by atoms with E-state index in [0.29, 0.717) is 6.61 Å². The van der Waals surface area contributed by atoms with Gasteiger partial charge in [-0.2, -0.15) is 0 Å². The highest BCUT2D eigenvalue weighted by Gasteiger charge is 2.47. The first-order valence-corrected chi connectivity index (χ1v) is 7.40. The highest BCUT2D eigenvalue weighted by molar-refractivity contribution is 5.20. The monoisotopic (exact) mass is 262 g/mol. The van der Waals surface area contributed by atoms with Gasteiger partial charge in [-0.05, 0) is 38.0 Å². The Kier molecular flexibility index (Phi) is 3.44. The Morgan fingerprint density at radius 2 is 2.26 bits per heavy atom. The number of rotatable bonds is 6. The number of nitrogens with one attached hydrogen (secondary N) is 1. The number of aromatic amines is 1. The van der Waals surface area contributed by atoms with E-state index < -0.39 is 0 Å². The summed E-state index contributed by atoms with van der Waals surface area (Å²) in [5.41, 5.74) is 0.838. The lowest BCUT2D eigenvalue weighted by molar-refractivity contribution is 0.0554. The zero-order valence-electron chi connectivity index (χ0n) is 11.6. The van der Waals surface area contributed by atoms with E-state index in [0.717, 1.165) is 43.3 Å². The molecule has 0 atom stereocenters. The second kappa shape index (κ2) is 5.08. The fraction of sp³-hybridized carbons (Fsp3) is 0.733. The molecule has 2 saturated carbocycles. The Bertz CT molecular complexity index is 501. The zero-order valence-corrected chi connectivity index (χ0v) is 11.6. The average molecular weight is 262 g/mol. The molecule has 2 fully saturated rings. The van der Waals surface area contributed by atoms with E-state index in [1.54, 1.807) is 6.07 Å². The molecule has 1 aromatic heterocycles. The zero-order chi connectivity index (χ0) is 13.3. The molecule has 0 spiro atoms. The van der Waals surface area contributed by atoms with Gasteiger partial charge in [0.05, 0.1) is 12.0 Å². The van der Waals surface area contributed by atoms with E-state index >= 15 is 0 Å². The van der Waals surface area contributed by atoms with E-state index in [1.807, 2.05) is 6.92 Å². The lowest BCUT2D eigenvalue weighted by atomic mass is 9.86. The Balaban J connectivity index is 1.66. The molecule has 4 nitrogen and oxygen atoms in total. The summed E-state index contributed by atoms with van der Waals surface area (Å²) < 4.78 is 5.87. The SMILES string of the molecule is CCc1cc(=O)[nH]c(C2(COCC3CCC3)CC2)n1. The molecule has 1 aromatic rings. The van der Waals surface area contributed by atoms with Crippen molar-refractivity contribution in [2.24, 2.45) is 5.92 Å². The molecule has 1 heterocycles. The van der Waals surface area contributed by atoms with Crippen molar-refractivity contribution in [2.75, 3.05) is 13.2 Å². The molecule has 0 radical (unpaired) electrons. The van der Waals surface area contributed by atoms with Crippen LogP contribution in [-0.4, -0.2) is 23.2 Å². The normalized spacial score (nSPS) is 21.1. The first kappa shape index (κ1) is 12.9. The molecule has 19 heavy (non-hydrogen) atoms. The van der Waals surface area contributed by atoms with Crippen molar-refractivity contribution in [1.82, 2.24) is 9.97 Å². The summed E-state index contributed by atoms with van der Waals surface area (Å²) >= 11 is 0. The Labute approximate surface area is 113 Å². The van der Waals surface area contributed by atoms with Gasteiger partial charge in [0, 0.05) is 18.4 Å². The molecule has 4 heteroatoms. The Hall–Kier alpha value is -1.16. The number of aromatic nitrogens is 2. The minimum Gasteiger partial charge on any atom is -0.380 e. The molecular formula is C15H22N2O2. The number of nitrogens with zero attached hydrogens (tertiary/aromatic N) is 1. The third kappa shape index (κ3) is 2.73. The highest BCUT2D eigenvalue weighted by atomic mass is 16.5. The van der Waals surface area contributed by atoms with Crippen LogP contribution in [0.5, 0.6) is 0 Å². The molecule has 2 aliphatic rings. The van der Waals surface area contributed by atoms with E-state index in [-0.39, 0.29) is 11.0 Å². The van der Waals surface area contributed by atoms with Gasteiger partial charge in [0.1, 0.15) is 5.82 Å². The topological polar surface area (TPSA) is 55.0 Å². The molecule has 2 aliphatic carbocycles. The van der Waals surface area contributed by atoms with Crippen molar-refractivity contribution < 1.29 is 4.74 Å². The van der Waals surface area contributed by atoms with Crippen LogP contribution < -0.4 is 5.56 Å². The van der Waals surface area contributed by atoms with Crippen LogP contribution in [0, 0.1) is 5.92 Å². The number of hydrogen-bond acceptors (Lipinski definition) is 3. The van der Waals surface area contributed by atoms with E-state index in [4.69, 9.17) is 4.74 Å². The summed E-state index contributed by atoms with van der Waals surface area (Å²) in [5, 5.41) is 0. The van der Waals surface area contributed by atoms with Gasteiger partial charge in [-0.3, -0.25) is 4.79 Å². The number of hydrogen-bond donors (Lipinski definition) is 1. The molecule has 0 unspecified atom stereocenters. The summed E-state index contributed by atoms with van der Waals surface area (Å²) in [6.45, 7) is 3.61. The molecule has 0 aliphatic heterocycles.